The second kappa shape index (κ2) is 4.87. The minimum atomic E-state index is 0.147. The second-order valence-corrected chi connectivity index (χ2v) is 5.28. The van der Waals surface area contributed by atoms with Gasteiger partial charge >= 0.3 is 0 Å². The lowest BCUT2D eigenvalue weighted by Gasteiger charge is -2.28. The van der Waals surface area contributed by atoms with Crippen molar-refractivity contribution in [3.63, 3.8) is 0 Å². The molecule has 2 N–H and O–H groups in total. The summed E-state index contributed by atoms with van der Waals surface area (Å²) in [6.07, 6.45) is 1.60. The van der Waals surface area contributed by atoms with Crippen LogP contribution < -0.4 is 10.6 Å². The molecule has 0 radical (unpaired) electrons. The van der Waals surface area contributed by atoms with Crippen molar-refractivity contribution in [2.24, 2.45) is 5.41 Å². The molecule has 1 aromatic rings. The third-order valence-corrected chi connectivity index (χ3v) is 2.90. The molecule has 1 aromatic heterocycles. The Kier molecular flexibility index (Phi) is 3.97. The van der Waals surface area contributed by atoms with Crippen LogP contribution in [0.5, 0.6) is 0 Å². The maximum atomic E-state index is 6.03. The van der Waals surface area contributed by atoms with Crippen LogP contribution in [0, 0.1) is 5.41 Å². The molecule has 0 aliphatic heterocycles. The predicted molar refractivity (Wildman–Crippen MR) is 69.1 cm³/mol. The lowest BCUT2D eigenvalue weighted by Crippen LogP contribution is -2.31. The molecule has 0 saturated carbocycles. The van der Waals surface area contributed by atoms with Crippen molar-refractivity contribution < 1.29 is 0 Å². The molecular weight excluding hydrogens is 224 g/mol. The highest BCUT2D eigenvalue weighted by atomic mass is 35.5. The normalized spacial score (nSPS) is 13.4. The van der Waals surface area contributed by atoms with Crippen LogP contribution in [0.15, 0.2) is 6.20 Å². The zero-order chi connectivity index (χ0) is 12.3. The van der Waals surface area contributed by atoms with Crippen LogP contribution in [0.1, 0.15) is 27.7 Å². The Bertz CT molecular complexity index is 359. The van der Waals surface area contributed by atoms with Gasteiger partial charge in [-0.3, -0.25) is 0 Å². The number of halogens is 1. The van der Waals surface area contributed by atoms with Gasteiger partial charge in [0.25, 0.3) is 0 Å². The summed E-state index contributed by atoms with van der Waals surface area (Å²) in [5, 5.41) is 6.72. The predicted octanol–water partition coefficient (Wildman–Crippen LogP) is 3.02. The van der Waals surface area contributed by atoms with E-state index in [-0.39, 0.29) is 11.5 Å². The van der Waals surface area contributed by atoms with Crippen LogP contribution in [0.2, 0.25) is 5.02 Å². The molecule has 1 atom stereocenters. The van der Waals surface area contributed by atoms with Crippen LogP contribution in [-0.2, 0) is 0 Å². The quantitative estimate of drug-likeness (QED) is 0.856. The Balaban J connectivity index is 2.88. The zero-order valence-electron chi connectivity index (χ0n) is 10.4. The molecule has 4 nitrogen and oxygen atoms in total. The minimum Gasteiger partial charge on any atom is -0.366 e. The van der Waals surface area contributed by atoms with Crippen LogP contribution in [-0.4, -0.2) is 23.1 Å². The Labute approximate surface area is 102 Å². The summed E-state index contributed by atoms with van der Waals surface area (Å²) in [5.41, 5.74) is 0.147. The van der Waals surface area contributed by atoms with Gasteiger partial charge < -0.3 is 10.6 Å². The van der Waals surface area contributed by atoms with Crippen LogP contribution in [0.25, 0.3) is 0 Å². The van der Waals surface area contributed by atoms with Gasteiger partial charge in [0, 0.05) is 13.1 Å². The highest BCUT2D eigenvalue weighted by Gasteiger charge is 2.21. The number of anilines is 2. The molecule has 0 fully saturated rings. The smallest absolute Gasteiger partial charge is 0.224 e. The fraction of sp³-hybridized carbons (Fsp3) is 0.636. The van der Waals surface area contributed by atoms with Crippen molar-refractivity contribution >= 4 is 23.4 Å². The molecule has 0 amide bonds. The van der Waals surface area contributed by atoms with E-state index in [0.29, 0.717) is 16.8 Å². The van der Waals surface area contributed by atoms with Crippen LogP contribution in [0.3, 0.4) is 0 Å². The van der Waals surface area contributed by atoms with Gasteiger partial charge in [0.15, 0.2) is 5.82 Å². The van der Waals surface area contributed by atoms with E-state index in [1.165, 1.54) is 0 Å². The fourth-order valence-corrected chi connectivity index (χ4v) is 1.16. The lowest BCUT2D eigenvalue weighted by atomic mass is 9.88. The first-order chi connectivity index (χ1) is 7.34. The molecule has 5 heteroatoms. The number of nitrogens with zero attached hydrogens (tertiary/aromatic N) is 2. The van der Waals surface area contributed by atoms with Gasteiger partial charge in [0.2, 0.25) is 5.95 Å². The molecule has 0 bridgehead atoms. The molecule has 0 aliphatic carbocycles. The lowest BCUT2D eigenvalue weighted by molar-refractivity contribution is 0.359. The van der Waals surface area contributed by atoms with Crippen LogP contribution >= 0.6 is 11.6 Å². The first kappa shape index (κ1) is 13.0. The third kappa shape index (κ3) is 3.23. The van der Waals surface area contributed by atoms with Crippen molar-refractivity contribution in [3.05, 3.63) is 11.2 Å². The summed E-state index contributed by atoms with van der Waals surface area (Å²) in [4.78, 5) is 8.31. The number of nitrogens with one attached hydrogen (secondary N) is 2. The minimum absolute atomic E-state index is 0.147. The van der Waals surface area contributed by atoms with E-state index in [2.05, 4.69) is 48.3 Å². The Morgan fingerprint density at radius 2 is 2.00 bits per heavy atom. The zero-order valence-corrected chi connectivity index (χ0v) is 11.2. The molecule has 0 aromatic carbocycles. The largest absolute Gasteiger partial charge is 0.366 e. The summed E-state index contributed by atoms with van der Waals surface area (Å²) in [7, 11) is 1.78. The van der Waals surface area contributed by atoms with Crippen molar-refractivity contribution in [2.75, 3.05) is 17.7 Å². The molecule has 90 valence electrons. The van der Waals surface area contributed by atoms with Gasteiger partial charge in [-0.2, -0.15) is 4.98 Å². The first-order valence-electron chi connectivity index (χ1n) is 5.31. The van der Waals surface area contributed by atoms with Gasteiger partial charge in [-0.25, -0.2) is 4.98 Å². The molecule has 0 aliphatic rings. The molecule has 1 rings (SSSR count). The maximum absolute atomic E-state index is 6.03. The number of rotatable bonds is 3. The summed E-state index contributed by atoms with van der Waals surface area (Å²) in [6, 6.07) is 0.268. The summed E-state index contributed by atoms with van der Waals surface area (Å²) >= 11 is 6.03. The van der Waals surface area contributed by atoms with E-state index < -0.39 is 0 Å². The van der Waals surface area contributed by atoms with E-state index in [1.54, 1.807) is 13.2 Å². The monoisotopic (exact) mass is 242 g/mol. The highest BCUT2D eigenvalue weighted by molar-refractivity contribution is 6.32. The fourth-order valence-electron chi connectivity index (χ4n) is 1.01. The van der Waals surface area contributed by atoms with E-state index in [0.717, 1.165) is 0 Å². The van der Waals surface area contributed by atoms with Gasteiger partial charge in [0.1, 0.15) is 5.02 Å². The van der Waals surface area contributed by atoms with Gasteiger partial charge in [-0.1, -0.05) is 32.4 Å². The topological polar surface area (TPSA) is 49.8 Å². The van der Waals surface area contributed by atoms with Gasteiger partial charge in [0.05, 0.1) is 6.20 Å². The number of hydrogen-bond donors (Lipinski definition) is 2. The maximum Gasteiger partial charge on any atom is 0.224 e. The average Bonchev–Trinajstić information content (AvgIpc) is 2.19. The third-order valence-electron chi connectivity index (χ3n) is 2.62. The van der Waals surface area contributed by atoms with E-state index >= 15 is 0 Å². The molecular formula is C11H19ClN4. The molecule has 0 spiro atoms. The molecule has 1 heterocycles. The van der Waals surface area contributed by atoms with Crippen molar-refractivity contribution in [1.29, 1.82) is 0 Å². The number of hydrogen-bond acceptors (Lipinski definition) is 4. The number of aromatic nitrogens is 2. The van der Waals surface area contributed by atoms with Crippen molar-refractivity contribution in [3.8, 4) is 0 Å². The summed E-state index contributed by atoms with van der Waals surface area (Å²) < 4.78 is 0. The van der Waals surface area contributed by atoms with Crippen molar-refractivity contribution in [2.45, 2.75) is 33.7 Å². The van der Waals surface area contributed by atoms with Crippen LogP contribution in [0.4, 0.5) is 11.8 Å². The molecule has 0 saturated heterocycles. The van der Waals surface area contributed by atoms with Gasteiger partial charge in [-0.15, -0.1) is 0 Å². The summed E-state index contributed by atoms with van der Waals surface area (Å²) in [6.45, 7) is 8.60. The first-order valence-corrected chi connectivity index (χ1v) is 5.69. The standard InChI is InChI=1S/C11H19ClN4/c1-7(11(2,3)4)15-9-8(12)6-14-10(13-5)16-9/h6-7H,1-5H3,(H2,13,14,15,16). The van der Waals surface area contributed by atoms with Crippen molar-refractivity contribution in [1.82, 2.24) is 9.97 Å². The van der Waals surface area contributed by atoms with Gasteiger partial charge in [-0.05, 0) is 12.3 Å². The average molecular weight is 243 g/mol. The second-order valence-electron chi connectivity index (χ2n) is 4.87. The van der Waals surface area contributed by atoms with E-state index in [9.17, 15) is 0 Å². The highest BCUT2D eigenvalue weighted by Crippen LogP contribution is 2.26. The Morgan fingerprint density at radius 3 is 2.50 bits per heavy atom. The van der Waals surface area contributed by atoms with E-state index in [1.807, 2.05) is 0 Å². The summed E-state index contributed by atoms with van der Waals surface area (Å²) in [5.74, 6) is 1.23. The van der Waals surface area contributed by atoms with E-state index in [4.69, 9.17) is 11.6 Å². The molecule has 16 heavy (non-hydrogen) atoms. The Morgan fingerprint density at radius 1 is 1.38 bits per heavy atom. The molecule has 1 unspecified atom stereocenters. The Hall–Kier alpha value is -1.03. The SMILES string of the molecule is CNc1ncc(Cl)c(NC(C)C(C)(C)C)n1.